The molecule has 30 heavy (non-hydrogen) atoms. The molecule has 0 N–H and O–H groups in total. The normalized spacial score (nSPS) is 12.0. The summed E-state index contributed by atoms with van der Waals surface area (Å²) in [7, 11) is -1.49. The van der Waals surface area contributed by atoms with E-state index in [0.717, 1.165) is 37.2 Å². The first kappa shape index (κ1) is 23.4. The van der Waals surface area contributed by atoms with E-state index >= 15 is 0 Å². The molecule has 164 valence electrons. The highest BCUT2D eigenvalue weighted by molar-refractivity contribution is 7.90. The van der Waals surface area contributed by atoms with Crippen LogP contribution in [-0.4, -0.2) is 49.9 Å². The van der Waals surface area contributed by atoms with Crippen LogP contribution in [0.4, 0.5) is 13.2 Å². The van der Waals surface area contributed by atoms with Crippen molar-refractivity contribution >= 4 is 21.6 Å². The van der Waals surface area contributed by atoms with Crippen molar-refractivity contribution in [1.82, 2.24) is 9.78 Å². The second-order valence-corrected chi connectivity index (χ2v) is 8.47. The van der Waals surface area contributed by atoms with E-state index in [0.29, 0.717) is 0 Å². The Labute approximate surface area is 170 Å². The number of aromatic nitrogens is 2. The van der Waals surface area contributed by atoms with Gasteiger partial charge in [0.2, 0.25) is 11.7 Å². The van der Waals surface area contributed by atoms with Crippen LogP contribution in [0, 0.1) is 13.8 Å². The van der Waals surface area contributed by atoms with E-state index in [4.69, 9.17) is 4.74 Å². The lowest BCUT2D eigenvalue weighted by molar-refractivity contribution is -0.143. The lowest BCUT2D eigenvalue weighted by atomic mass is 9.93. The van der Waals surface area contributed by atoms with Crippen LogP contribution in [0.5, 0.6) is 5.88 Å². The molecular formula is C18H19F3N2O6S. The van der Waals surface area contributed by atoms with Gasteiger partial charge in [-0.1, -0.05) is 0 Å². The van der Waals surface area contributed by atoms with Crippen molar-refractivity contribution < 1.29 is 40.7 Å². The van der Waals surface area contributed by atoms with Crippen LogP contribution in [0.25, 0.3) is 0 Å². The second-order valence-electron chi connectivity index (χ2n) is 6.52. The number of carbonyl (C=O) groups is 2. The van der Waals surface area contributed by atoms with Gasteiger partial charge in [-0.15, -0.1) is 0 Å². The minimum Gasteiger partial charge on any atom is -0.466 e. The Morgan fingerprint density at radius 2 is 1.80 bits per heavy atom. The lowest BCUT2D eigenvalue weighted by Gasteiger charge is -2.19. The predicted molar refractivity (Wildman–Crippen MR) is 98.2 cm³/mol. The summed E-state index contributed by atoms with van der Waals surface area (Å²) in [4.78, 5) is 23.9. The van der Waals surface area contributed by atoms with Crippen molar-refractivity contribution in [2.75, 3.05) is 20.0 Å². The monoisotopic (exact) mass is 448 g/mol. The fraction of sp³-hybridized carbons (Fsp3) is 0.389. The number of alkyl halides is 3. The van der Waals surface area contributed by atoms with E-state index in [1.54, 1.807) is 0 Å². The Hall–Kier alpha value is -2.89. The molecule has 2 aromatic rings. The van der Waals surface area contributed by atoms with E-state index < -0.39 is 56.0 Å². The highest BCUT2D eigenvalue weighted by Crippen LogP contribution is 2.40. The molecule has 0 fully saturated rings. The van der Waals surface area contributed by atoms with Crippen LogP contribution < -0.4 is 4.74 Å². The minimum absolute atomic E-state index is 0.00716. The SMILES string of the molecule is COC(=O)COc1c(C(=O)c2cc(C)c(S(C)(=O)=O)c(C)c2C(F)(F)F)cnn1C. The van der Waals surface area contributed by atoms with E-state index in [1.165, 1.54) is 14.0 Å². The van der Waals surface area contributed by atoms with Gasteiger partial charge in [0, 0.05) is 18.9 Å². The van der Waals surface area contributed by atoms with Gasteiger partial charge in [0.25, 0.3) is 0 Å². The summed E-state index contributed by atoms with van der Waals surface area (Å²) < 4.78 is 76.2. The number of hydrogen-bond acceptors (Lipinski definition) is 7. The van der Waals surface area contributed by atoms with Gasteiger partial charge in [-0.05, 0) is 31.0 Å². The Morgan fingerprint density at radius 1 is 1.20 bits per heavy atom. The Morgan fingerprint density at radius 3 is 2.30 bits per heavy atom. The smallest absolute Gasteiger partial charge is 0.417 e. The predicted octanol–water partition coefficient (Wildman–Crippen LogP) is 2.24. The first-order chi connectivity index (χ1) is 13.7. The van der Waals surface area contributed by atoms with Gasteiger partial charge in [-0.2, -0.15) is 18.3 Å². The first-order valence-electron chi connectivity index (χ1n) is 8.37. The molecule has 0 atom stereocenters. The largest absolute Gasteiger partial charge is 0.466 e. The molecule has 0 aliphatic heterocycles. The zero-order valence-electron chi connectivity index (χ0n) is 16.7. The van der Waals surface area contributed by atoms with Crippen LogP contribution in [0.2, 0.25) is 0 Å². The molecule has 1 aromatic heterocycles. The number of nitrogens with zero attached hydrogens (tertiary/aromatic N) is 2. The molecule has 0 bridgehead atoms. The zero-order valence-corrected chi connectivity index (χ0v) is 17.6. The summed E-state index contributed by atoms with van der Waals surface area (Å²) in [6.07, 6.45) is -3.20. The maximum Gasteiger partial charge on any atom is 0.417 e. The maximum atomic E-state index is 13.8. The number of rotatable bonds is 6. The van der Waals surface area contributed by atoms with E-state index in [9.17, 15) is 31.2 Å². The van der Waals surface area contributed by atoms with Crippen LogP contribution >= 0.6 is 0 Å². The average Bonchev–Trinajstić information content (AvgIpc) is 2.96. The number of benzene rings is 1. The summed E-state index contributed by atoms with van der Waals surface area (Å²) in [5.74, 6) is -2.09. The topological polar surface area (TPSA) is 105 Å². The van der Waals surface area contributed by atoms with Crippen LogP contribution in [0.3, 0.4) is 0 Å². The maximum absolute atomic E-state index is 13.8. The Bertz CT molecular complexity index is 1120. The highest BCUT2D eigenvalue weighted by atomic mass is 32.2. The van der Waals surface area contributed by atoms with Crippen LogP contribution in [0.15, 0.2) is 17.2 Å². The fourth-order valence-corrected chi connectivity index (χ4v) is 4.47. The number of ether oxygens (including phenoxy) is 2. The lowest BCUT2D eigenvalue weighted by Crippen LogP contribution is -2.20. The van der Waals surface area contributed by atoms with Crippen molar-refractivity contribution in [1.29, 1.82) is 0 Å². The Kier molecular flexibility index (Phi) is 6.31. The molecule has 12 heteroatoms. The first-order valence-corrected chi connectivity index (χ1v) is 10.3. The number of esters is 1. The molecule has 1 heterocycles. The molecular weight excluding hydrogens is 429 g/mol. The van der Waals surface area contributed by atoms with Crippen molar-refractivity contribution in [2.45, 2.75) is 24.9 Å². The standard InChI is InChI=1S/C18H19F3N2O6S/c1-9-6-11(14(18(19,20)21)10(2)16(9)30(5,26)27)15(25)12-7-22-23(3)17(12)29-8-13(24)28-4/h6-7H,8H2,1-5H3. The Balaban J connectivity index is 2.71. The zero-order chi connectivity index (χ0) is 23.0. The van der Waals surface area contributed by atoms with Crippen LogP contribution in [-0.2, 0) is 32.6 Å². The van der Waals surface area contributed by atoms with Gasteiger partial charge in [-0.25, -0.2) is 17.9 Å². The van der Waals surface area contributed by atoms with Crippen LogP contribution in [0.1, 0.15) is 32.6 Å². The molecule has 0 amide bonds. The molecule has 0 saturated heterocycles. The fourth-order valence-electron chi connectivity index (χ4n) is 3.16. The van der Waals surface area contributed by atoms with Gasteiger partial charge in [-0.3, -0.25) is 4.79 Å². The summed E-state index contributed by atoms with van der Waals surface area (Å²) in [5, 5.41) is 3.80. The number of halogens is 3. The molecule has 0 radical (unpaired) electrons. The summed E-state index contributed by atoms with van der Waals surface area (Å²) in [6, 6.07) is 0.881. The minimum atomic E-state index is -5.00. The third-order valence-electron chi connectivity index (χ3n) is 4.29. The van der Waals surface area contributed by atoms with Gasteiger partial charge in [0.1, 0.15) is 5.56 Å². The van der Waals surface area contributed by atoms with Crippen molar-refractivity contribution in [2.24, 2.45) is 7.05 Å². The summed E-state index contributed by atoms with van der Waals surface area (Å²) >= 11 is 0. The number of methoxy groups -OCH3 is 1. The van der Waals surface area contributed by atoms with E-state index in [-0.39, 0.29) is 17.0 Å². The quantitative estimate of drug-likeness (QED) is 0.493. The average molecular weight is 448 g/mol. The van der Waals surface area contributed by atoms with E-state index in [2.05, 4.69) is 9.84 Å². The molecule has 0 saturated carbocycles. The molecule has 8 nitrogen and oxygen atoms in total. The molecule has 0 aliphatic rings. The number of aryl methyl sites for hydroxylation is 2. The van der Waals surface area contributed by atoms with Gasteiger partial charge < -0.3 is 9.47 Å². The summed E-state index contributed by atoms with van der Waals surface area (Å²) in [5.41, 5.74) is -3.01. The second kappa shape index (κ2) is 8.09. The molecule has 2 rings (SSSR count). The van der Waals surface area contributed by atoms with Gasteiger partial charge in [0.15, 0.2) is 16.4 Å². The number of ketones is 1. The molecule has 0 spiro atoms. The number of hydrogen-bond donors (Lipinski definition) is 0. The molecule has 1 aromatic carbocycles. The third-order valence-corrected chi connectivity index (χ3v) is 5.66. The van der Waals surface area contributed by atoms with Gasteiger partial charge >= 0.3 is 12.1 Å². The third kappa shape index (κ3) is 4.48. The highest BCUT2D eigenvalue weighted by Gasteiger charge is 2.40. The molecule has 0 unspecified atom stereocenters. The molecule has 0 aliphatic carbocycles. The number of sulfone groups is 1. The van der Waals surface area contributed by atoms with Gasteiger partial charge in [0.05, 0.1) is 23.8 Å². The van der Waals surface area contributed by atoms with Crippen molar-refractivity contribution in [3.05, 3.63) is 40.1 Å². The van der Waals surface area contributed by atoms with Crippen molar-refractivity contribution in [3.8, 4) is 5.88 Å². The van der Waals surface area contributed by atoms with Crippen molar-refractivity contribution in [3.63, 3.8) is 0 Å². The van der Waals surface area contributed by atoms with E-state index in [1.807, 2.05) is 0 Å². The number of carbonyl (C=O) groups excluding carboxylic acids is 2. The summed E-state index contributed by atoms with van der Waals surface area (Å²) in [6.45, 7) is 1.71.